The van der Waals surface area contributed by atoms with Crippen molar-refractivity contribution in [2.24, 2.45) is 5.92 Å². The third-order valence-electron chi connectivity index (χ3n) is 5.83. The van der Waals surface area contributed by atoms with Crippen LogP contribution in [0.2, 0.25) is 0 Å². The molecular weight excluding hydrogens is 368 g/mol. The van der Waals surface area contributed by atoms with E-state index in [1.807, 2.05) is 39.9 Å². The highest BCUT2D eigenvalue weighted by molar-refractivity contribution is 5.79. The Morgan fingerprint density at radius 1 is 1.24 bits per heavy atom. The van der Waals surface area contributed by atoms with Crippen LogP contribution >= 0.6 is 0 Å². The van der Waals surface area contributed by atoms with Crippen LogP contribution in [0.5, 0.6) is 5.75 Å². The summed E-state index contributed by atoms with van der Waals surface area (Å²) in [6.07, 6.45) is 7.18. The van der Waals surface area contributed by atoms with E-state index in [1.165, 1.54) is 0 Å². The molecule has 4 rings (SSSR count). The molecule has 2 aromatic rings. The average molecular weight is 396 g/mol. The number of hydrogen-bond donors (Lipinski definition) is 1. The van der Waals surface area contributed by atoms with Gasteiger partial charge in [0.05, 0.1) is 5.56 Å². The molecule has 2 amide bonds. The van der Waals surface area contributed by atoms with E-state index in [0.29, 0.717) is 24.6 Å². The van der Waals surface area contributed by atoms with Crippen LogP contribution < -0.4 is 10.1 Å². The monoisotopic (exact) mass is 396 g/mol. The summed E-state index contributed by atoms with van der Waals surface area (Å²) in [6, 6.07) is 7.78. The summed E-state index contributed by atoms with van der Waals surface area (Å²) in [5.74, 6) is 2.24. The molecule has 1 atom stereocenters. The Hall–Kier alpha value is -2.83. The van der Waals surface area contributed by atoms with Crippen molar-refractivity contribution in [3.05, 3.63) is 36.7 Å². The number of ether oxygens (including phenoxy) is 1. The Bertz CT molecular complexity index is 870. The lowest BCUT2D eigenvalue weighted by Crippen LogP contribution is -2.40. The Morgan fingerprint density at radius 2 is 2.03 bits per heavy atom. The molecule has 0 radical (unpaired) electrons. The predicted molar refractivity (Wildman–Crippen MR) is 109 cm³/mol. The van der Waals surface area contributed by atoms with Gasteiger partial charge in [0.2, 0.25) is 5.91 Å². The number of aromatic nitrogens is 2. The van der Waals surface area contributed by atoms with Crippen LogP contribution in [-0.4, -0.2) is 52.0 Å². The number of carbonyl (C=O) groups is 2. The van der Waals surface area contributed by atoms with Gasteiger partial charge in [-0.1, -0.05) is 19.1 Å². The third kappa shape index (κ3) is 4.60. The van der Waals surface area contributed by atoms with Gasteiger partial charge in [0.1, 0.15) is 11.6 Å². The molecule has 2 aliphatic heterocycles. The van der Waals surface area contributed by atoms with Crippen molar-refractivity contribution in [3.8, 4) is 17.1 Å². The van der Waals surface area contributed by atoms with Gasteiger partial charge in [-0.25, -0.2) is 4.98 Å². The molecule has 29 heavy (non-hydrogen) atoms. The summed E-state index contributed by atoms with van der Waals surface area (Å²) in [4.78, 5) is 30.4. The number of amides is 2. The number of para-hydroxylation sites is 1. The van der Waals surface area contributed by atoms with E-state index in [2.05, 4.69) is 17.2 Å². The minimum atomic E-state index is 0.0312. The van der Waals surface area contributed by atoms with Gasteiger partial charge in [-0.2, -0.15) is 0 Å². The lowest BCUT2D eigenvalue weighted by atomic mass is 9.99. The number of likely N-dealkylation sites (tertiary alicyclic amines) is 1. The number of imidazole rings is 1. The van der Waals surface area contributed by atoms with Gasteiger partial charge < -0.3 is 19.5 Å². The summed E-state index contributed by atoms with van der Waals surface area (Å²) in [5.41, 5.74) is 0.849. The maximum Gasteiger partial charge on any atom is 0.260 e. The highest BCUT2D eigenvalue weighted by Gasteiger charge is 2.23. The van der Waals surface area contributed by atoms with E-state index in [4.69, 9.17) is 4.74 Å². The standard InChI is InChI=1S/C22H28N4O3/c1-16-8-11-25(12-9-16)21(28)15-29-19-5-3-2-4-18(19)22-23-10-13-26(22)14-17-6-7-20(27)24-17/h2-5,10,13,16-17H,6-9,11-12,14-15H2,1H3,(H,24,27). The van der Waals surface area contributed by atoms with E-state index in [1.54, 1.807) is 6.20 Å². The zero-order chi connectivity index (χ0) is 20.2. The van der Waals surface area contributed by atoms with Crippen LogP contribution in [0.1, 0.15) is 32.6 Å². The number of hydrogen-bond acceptors (Lipinski definition) is 4. The Kier molecular flexibility index (Phi) is 5.83. The van der Waals surface area contributed by atoms with Gasteiger partial charge >= 0.3 is 0 Å². The molecule has 0 saturated carbocycles. The fourth-order valence-corrected chi connectivity index (χ4v) is 4.02. The van der Waals surface area contributed by atoms with E-state index in [9.17, 15) is 9.59 Å². The number of carbonyl (C=O) groups excluding carboxylic acids is 2. The number of rotatable bonds is 6. The molecule has 0 bridgehead atoms. The van der Waals surface area contributed by atoms with E-state index in [-0.39, 0.29) is 24.5 Å². The molecule has 2 aliphatic rings. The molecule has 1 aromatic heterocycles. The van der Waals surface area contributed by atoms with Crippen molar-refractivity contribution in [1.82, 2.24) is 19.8 Å². The number of benzene rings is 1. The maximum absolute atomic E-state index is 12.5. The molecule has 1 unspecified atom stereocenters. The summed E-state index contributed by atoms with van der Waals surface area (Å²) in [5, 5.41) is 3.00. The summed E-state index contributed by atoms with van der Waals surface area (Å²) in [7, 11) is 0. The fraction of sp³-hybridized carbons (Fsp3) is 0.500. The smallest absolute Gasteiger partial charge is 0.260 e. The molecule has 1 N–H and O–H groups in total. The topological polar surface area (TPSA) is 76.5 Å². The van der Waals surface area contributed by atoms with Crippen molar-refractivity contribution in [2.45, 2.75) is 45.2 Å². The highest BCUT2D eigenvalue weighted by atomic mass is 16.5. The van der Waals surface area contributed by atoms with Crippen LogP contribution in [0, 0.1) is 5.92 Å². The molecule has 0 spiro atoms. The third-order valence-corrected chi connectivity index (χ3v) is 5.83. The molecule has 0 aliphatic carbocycles. The van der Waals surface area contributed by atoms with Gasteiger partial charge in [-0.05, 0) is 37.3 Å². The quantitative estimate of drug-likeness (QED) is 0.814. The minimum absolute atomic E-state index is 0.0312. The van der Waals surface area contributed by atoms with Gasteiger partial charge in [0.25, 0.3) is 5.91 Å². The van der Waals surface area contributed by atoms with E-state index >= 15 is 0 Å². The van der Waals surface area contributed by atoms with Crippen LogP contribution in [0.15, 0.2) is 36.7 Å². The van der Waals surface area contributed by atoms with Crippen molar-refractivity contribution in [2.75, 3.05) is 19.7 Å². The van der Waals surface area contributed by atoms with Crippen molar-refractivity contribution in [3.63, 3.8) is 0 Å². The van der Waals surface area contributed by atoms with Crippen LogP contribution in [0.4, 0.5) is 0 Å². The molecule has 2 saturated heterocycles. The lowest BCUT2D eigenvalue weighted by Gasteiger charge is -2.30. The van der Waals surface area contributed by atoms with Crippen LogP contribution in [0.25, 0.3) is 11.4 Å². The number of piperidine rings is 1. The zero-order valence-corrected chi connectivity index (χ0v) is 16.8. The molecule has 7 heteroatoms. The first-order chi connectivity index (χ1) is 14.1. The SMILES string of the molecule is CC1CCN(C(=O)COc2ccccc2-c2nccn2CC2CCC(=O)N2)CC1. The van der Waals surface area contributed by atoms with Gasteiger partial charge in [0, 0.05) is 44.5 Å². The largest absolute Gasteiger partial charge is 0.483 e. The zero-order valence-electron chi connectivity index (χ0n) is 16.8. The molecule has 3 heterocycles. The first kappa shape index (κ1) is 19.5. The van der Waals surface area contributed by atoms with Crippen LogP contribution in [0.3, 0.4) is 0 Å². The second-order valence-electron chi connectivity index (χ2n) is 8.05. The van der Waals surface area contributed by atoms with Gasteiger partial charge in [-0.3, -0.25) is 9.59 Å². The van der Waals surface area contributed by atoms with Crippen molar-refractivity contribution >= 4 is 11.8 Å². The normalized spacial score (nSPS) is 20.0. The highest BCUT2D eigenvalue weighted by Crippen LogP contribution is 2.29. The van der Waals surface area contributed by atoms with Gasteiger partial charge in [-0.15, -0.1) is 0 Å². The predicted octanol–water partition coefficient (Wildman–Crippen LogP) is 2.47. The van der Waals surface area contributed by atoms with Gasteiger partial charge in [0.15, 0.2) is 6.61 Å². The van der Waals surface area contributed by atoms with Crippen molar-refractivity contribution in [1.29, 1.82) is 0 Å². The number of nitrogens with zero attached hydrogens (tertiary/aromatic N) is 3. The average Bonchev–Trinajstić information content (AvgIpc) is 3.36. The Balaban J connectivity index is 1.44. The van der Waals surface area contributed by atoms with E-state index < -0.39 is 0 Å². The Labute approximate surface area is 171 Å². The molecular formula is C22H28N4O3. The number of nitrogens with one attached hydrogen (secondary N) is 1. The summed E-state index contributed by atoms with van der Waals surface area (Å²) >= 11 is 0. The first-order valence-corrected chi connectivity index (χ1v) is 10.4. The fourth-order valence-electron chi connectivity index (χ4n) is 4.02. The molecule has 1 aromatic carbocycles. The summed E-state index contributed by atoms with van der Waals surface area (Å²) in [6.45, 7) is 4.55. The Morgan fingerprint density at radius 3 is 2.79 bits per heavy atom. The second kappa shape index (κ2) is 8.68. The minimum Gasteiger partial charge on any atom is -0.483 e. The van der Waals surface area contributed by atoms with Crippen LogP contribution in [-0.2, 0) is 16.1 Å². The van der Waals surface area contributed by atoms with E-state index in [0.717, 1.165) is 43.7 Å². The lowest BCUT2D eigenvalue weighted by molar-refractivity contribution is -0.134. The molecule has 154 valence electrons. The van der Waals surface area contributed by atoms with Crippen molar-refractivity contribution < 1.29 is 14.3 Å². The maximum atomic E-state index is 12.5. The first-order valence-electron chi connectivity index (χ1n) is 10.4. The summed E-state index contributed by atoms with van der Waals surface area (Å²) < 4.78 is 7.96. The second-order valence-corrected chi connectivity index (χ2v) is 8.05. The molecule has 2 fully saturated rings. The molecule has 7 nitrogen and oxygen atoms in total.